The van der Waals surface area contributed by atoms with E-state index >= 15 is 0 Å². The molecule has 1 fully saturated rings. The van der Waals surface area contributed by atoms with Crippen LogP contribution in [0.4, 0.5) is 0 Å². The molecule has 0 radical (unpaired) electrons. The number of hydrogen-bond acceptors (Lipinski definition) is 3. The molecule has 2 aromatic rings. The van der Waals surface area contributed by atoms with Gasteiger partial charge in [0.15, 0.2) is 0 Å². The molecule has 1 saturated heterocycles. The van der Waals surface area contributed by atoms with Gasteiger partial charge in [-0.2, -0.15) is 16.9 Å². The summed E-state index contributed by atoms with van der Waals surface area (Å²) in [5, 5.41) is 15.5. The third-order valence-corrected chi connectivity index (χ3v) is 4.76. The van der Waals surface area contributed by atoms with Gasteiger partial charge in [-0.3, -0.25) is 5.10 Å². The Balaban J connectivity index is 1.79. The standard InChI is InChI=1S/C15H16N2O2S/c18-15(19)14-9-13(16-17-14)12-3-1-10(2-4-12)11-5-7-20-8-6-11/h1-4,9,11H,5-8H2,(H,16,17)(H,18,19). The second-order valence-electron chi connectivity index (χ2n) is 4.98. The first-order chi connectivity index (χ1) is 9.74. The summed E-state index contributed by atoms with van der Waals surface area (Å²) in [6, 6.07) is 9.91. The molecule has 0 amide bonds. The minimum atomic E-state index is -0.986. The fraction of sp³-hybridized carbons (Fsp3) is 0.333. The summed E-state index contributed by atoms with van der Waals surface area (Å²) >= 11 is 2.03. The number of carbonyl (C=O) groups is 1. The van der Waals surface area contributed by atoms with Crippen LogP contribution in [0.5, 0.6) is 0 Å². The van der Waals surface area contributed by atoms with Crippen molar-refractivity contribution >= 4 is 17.7 Å². The van der Waals surface area contributed by atoms with Gasteiger partial charge < -0.3 is 5.11 Å². The van der Waals surface area contributed by atoms with Crippen LogP contribution in [0.25, 0.3) is 11.3 Å². The maximum absolute atomic E-state index is 10.8. The quantitative estimate of drug-likeness (QED) is 0.908. The van der Waals surface area contributed by atoms with E-state index in [4.69, 9.17) is 5.11 Å². The minimum absolute atomic E-state index is 0.119. The summed E-state index contributed by atoms with van der Waals surface area (Å²) < 4.78 is 0. The number of nitrogens with one attached hydrogen (secondary N) is 1. The zero-order valence-electron chi connectivity index (χ0n) is 11.0. The van der Waals surface area contributed by atoms with Gasteiger partial charge >= 0.3 is 5.97 Å². The summed E-state index contributed by atoms with van der Waals surface area (Å²) in [7, 11) is 0. The molecule has 5 heteroatoms. The Hall–Kier alpha value is -1.75. The van der Waals surface area contributed by atoms with Gasteiger partial charge in [0, 0.05) is 5.56 Å². The number of benzene rings is 1. The zero-order valence-corrected chi connectivity index (χ0v) is 11.8. The molecule has 1 aromatic heterocycles. The molecule has 2 heterocycles. The largest absolute Gasteiger partial charge is 0.477 e. The van der Waals surface area contributed by atoms with Crippen LogP contribution >= 0.6 is 11.8 Å². The van der Waals surface area contributed by atoms with Crippen molar-refractivity contribution in [1.82, 2.24) is 10.2 Å². The van der Waals surface area contributed by atoms with E-state index < -0.39 is 5.97 Å². The highest BCUT2D eigenvalue weighted by molar-refractivity contribution is 7.99. The Morgan fingerprint density at radius 1 is 1.25 bits per heavy atom. The van der Waals surface area contributed by atoms with Crippen molar-refractivity contribution in [2.45, 2.75) is 18.8 Å². The highest BCUT2D eigenvalue weighted by Gasteiger charge is 2.16. The summed E-state index contributed by atoms with van der Waals surface area (Å²) in [6.07, 6.45) is 2.49. The highest BCUT2D eigenvalue weighted by atomic mass is 32.2. The number of H-pyrrole nitrogens is 1. The average molecular weight is 288 g/mol. The second kappa shape index (κ2) is 5.71. The average Bonchev–Trinajstić information content (AvgIpc) is 2.98. The molecule has 2 N–H and O–H groups in total. The van der Waals surface area contributed by atoms with Crippen LogP contribution in [0, 0.1) is 0 Å². The van der Waals surface area contributed by atoms with Crippen LogP contribution in [0.2, 0.25) is 0 Å². The lowest BCUT2D eigenvalue weighted by Crippen LogP contribution is -2.07. The summed E-state index contributed by atoms with van der Waals surface area (Å²) in [6.45, 7) is 0. The number of carboxylic acid groups (broad SMARTS) is 1. The number of nitrogens with zero attached hydrogens (tertiary/aromatic N) is 1. The second-order valence-corrected chi connectivity index (χ2v) is 6.21. The van der Waals surface area contributed by atoms with Crippen LogP contribution in [-0.2, 0) is 0 Å². The number of aromatic amines is 1. The molecule has 0 unspecified atom stereocenters. The zero-order chi connectivity index (χ0) is 13.9. The molecule has 0 saturated carbocycles. The number of thioether (sulfide) groups is 1. The summed E-state index contributed by atoms with van der Waals surface area (Å²) in [5.74, 6) is 2.17. The first-order valence-electron chi connectivity index (χ1n) is 6.71. The van der Waals surface area contributed by atoms with Crippen LogP contribution < -0.4 is 0 Å². The fourth-order valence-electron chi connectivity index (χ4n) is 2.54. The van der Waals surface area contributed by atoms with E-state index in [2.05, 4.69) is 22.3 Å². The monoisotopic (exact) mass is 288 g/mol. The van der Waals surface area contributed by atoms with Crippen LogP contribution in [0.15, 0.2) is 30.3 Å². The molecule has 104 valence electrons. The van der Waals surface area contributed by atoms with E-state index in [1.807, 2.05) is 23.9 Å². The number of carboxylic acids is 1. The molecular weight excluding hydrogens is 272 g/mol. The highest BCUT2D eigenvalue weighted by Crippen LogP contribution is 2.32. The van der Waals surface area contributed by atoms with Crippen LogP contribution in [-0.4, -0.2) is 32.8 Å². The van der Waals surface area contributed by atoms with Crippen molar-refractivity contribution < 1.29 is 9.90 Å². The maximum Gasteiger partial charge on any atom is 0.353 e. The molecule has 1 aliphatic rings. The lowest BCUT2D eigenvalue weighted by molar-refractivity contribution is 0.0690. The van der Waals surface area contributed by atoms with Crippen molar-refractivity contribution in [3.63, 3.8) is 0 Å². The van der Waals surface area contributed by atoms with Gasteiger partial charge in [-0.15, -0.1) is 0 Å². The summed E-state index contributed by atoms with van der Waals surface area (Å²) in [5.41, 5.74) is 3.12. The Morgan fingerprint density at radius 2 is 1.95 bits per heavy atom. The van der Waals surface area contributed by atoms with Crippen molar-refractivity contribution in [1.29, 1.82) is 0 Å². The van der Waals surface area contributed by atoms with E-state index in [0.717, 1.165) is 5.56 Å². The molecule has 20 heavy (non-hydrogen) atoms. The number of aromatic carboxylic acids is 1. The minimum Gasteiger partial charge on any atom is -0.477 e. The van der Waals surface area contributed by atoms with Gasteiger partial charge in [0.05, 0.1) is 5.69 Å². The lowest BCUT2D eigenvalue weighted by atomic mass is 9.92. The molecule has 4 nitrogen and oxygen atoms in total. The number of aromatic nitrogens is 2. The van der Waals surface area contributed by atoms with Crippen molar-refractivity contribution in [3.8, 4) is 11.3 Å². The smallest absolute Gasteiger partial charge is 0.353 e. The topological polar surface area (TPSA) is 66.0 Å². The predicted octanol–water partition coefficient (Wildman–Crippen LogP) is 3.39. The van der Waals surface area contributed by atoms with Gasteiger partial charge in [0.2, 0.25) is 0 Å². The first-order valence-corrected chi connectivity index (χ1v) is 7.86. The van der Waals surface area contributed by atoms with E-state index in [0.29, 0.717) is 11.6 Å². The fourth-order valence-corrected chi connectivity index (χ4v) is 3.64. The van der Waals surface area contributed by atoms with Crippen molar-refractivity contribution in [3.05, 3.63) is 41.6 Å². The number of rotatable bonds is 3. The van der Waals surface area contributed by atoms with Gasteiger partial charge in [0.25, 0.3) is 0 Å². The lowest BCUT2D eigenvalue weighted by Gasteiger charge is -2.21. The molecule has 3 rings (SSSR count). The molecule has 1 aromatic carbocycles. The molecule has 1 aliphatic heterocycles. The van der Waals surface area contributed by atoms with Crippen molar-refractivity contribution in [2.75, 3.05) is 11.5 Å². The molecule has 0 atom stereocenters. The van der Waals surface area contributed by atoms with Gasteiger partial charge in [0.1, 0.15) is 5.69 Å². The van der Waals surface area contributed by atoms with E-state index in [1.54, 1.807) is 6.07 Å². The van der Waals surface area contributed by atoms with E-state index in [1.165, 1.54) is 29.9 Å². The summed E-state index contributed by atoms with van der Waals surface area (Å²) in [4.78, 5) is 10.8. The van der Waals surface area contributed by atoms with Gasteiger partial charge in [-0.25, -0.2) is 4.79 Å². The first kappa shape index (κ1) is 13.2. The van der Waals surface area contributed by atoms with Crippen LogP contribution in [0.3, 0.4) is 0 Å². The van der Waals surface area contributed by atoms with E-state index in [9.17, 15) is 4.79 Å². The third-order valence-electron chi connectivity index (χ3n) is 3.71. The molecular formula is C15H16N2O2S. The third kappa shape index (κ3) is 2.72. The van der Waals surface area contributed by atoms with E-state index in [-0.39, 0.29) is 5.69 Å². The number of hydrogen-bond donors (Lipinski definition) is 2. The predicted molar refractivity (Wildman–Crippen MR) is 80.3 cm³/mol. The molecule has 0 aliphatic carbocycles. The Labute approximate surface area is 121 Å². The molecule has 0 bridgehead atoms. The Morgan fingerprint density at radius 3 is 2.55 bits per heavy atom. The van der Waals surface area contributed by atoms with Gasteiger partial charge in [-0.05, 0) is 41.9 Å². The Kier molecular flexibility index (Phi) is 3.78. The van der Waals surface area contributed by atoms with Crippen molar-refractivity contribution in [2.24, 2.45) is 0 Å². The normalized spacial score (nSPS) is 16.2. The van der Waals surface area contributed by atoms with Crippen LogP contribution in [0.1, 0.15) is 34.8 Å². The molecule has 0 spiro atoms. The van der Waals surface area contributed by atoms with Gasteiger partial charge in [-0.1, -0.05) is 24.3 Å². The maximum atomic E-state index is 10.8. The SMILES string of the molecule is O=C(O)c1cc(-c2ccc(C3CCSCC3)cc2)n[nH]1. The Bertz CT molecular complexity index is 601.